The molecule has 1 aromatic carbocycles. The molecule has 7 heteroatoms. The van der Waals surface area contributed by atoms with Crippen LogP contribution in [0.3, 0.4) is 0 Å². The van der Waals surface area contributed by atoms with Crippen LogP contribution in [0.2, 0.25) is 0 Å². The number of aliphatic hydroxyl groups is 1. The molecule has 33 heavy (non-hydrogen) atoms. The molecule has 0 aliphatic carbocycles. The maximum absolute atomic E-state index is 12.3. The summed E-state index contributed by atoms with van der Waals surface area (Å²) in [4.78, 5) is 25.6. The van der Waals surface area contributed by atoms with Gasteiger partial charge in [-0.3, -0.25) is 9.88 Å². The Hall–Kier alpha value is -3.73. The molecule has 0 amide bonds. The van der Waals surface area contributed by atoms with Gasteiger partial charge in [0.05, 0.1) is 25.0 Å². The predicted octanol–water partition coefficient (Wildman–Crippen LogP) is 2.44. The molecule has 0 saturated carbocycles. The summed E-state index contributed by atoms with van der Waals surface area (Å²) in [5.74, 6) is 6.60. The van der Waals surface area contributed by atoms with Crippen LogP contribution in [-0.2, 0) is 4.74 Å². The van der Waals surface area contributed by atoms with Gasteiger partial charge in [0.15, 0.2) is 0 Å². The van der Waals surface area contributed by atoms with E-state index in [0.29, 0.717) is 17.8 Å². The minimum atomic E-state index is -0.391. The fourth-order valence-corrected chi connectivity index (χ4v) is 3.71. The number of carbonyl (C=O) groups is 1. The Kier molecular flexibility index (Phi) is 7.30. The van der Waals surface area contributed by atoms with Gasteiger partial charge in [-0.2, -0.15) is 0 Å². The zero-order valence-electron chi connectivity index (χ0n) is 18.6. The summed E-state index contributed by atoms with van der Waals surface area (Å²) in [5.41, 5.74) is 3.81. The lowest BCUT2D eigenvalue weighted by atomic mass is 10.1. The molecule has 0 unspecified atom stereocenters. The number of hydrogen-bond donors (Lipinski definition) is 1. The zero-order valence-corrected chi connectivity index (χ0v) is 18.6. The first kappa shape index (κ1) is 22.5. The van der Waals surface area contributed by atoms with Crippen LogP contribution in [0.15, 0.2) is 60.9 Å². The van der Waals surface area contributed by atoms with Crippen molar-refractivity contribution in [2.75, 3.05) is 51.3 Å². The molecule has 1 N–H and O–H groups in total. The molecule has 1 fully saturated rings. The average molecular weight is 443 g/mol. The Morgan fingerprint density at radius 3 is 2.48 bits per heavy atom. The largest absolute Gasteiger partial charge is 0.465 e. The molecule has 7 nitrogen and oxygen atoms in total. The van der Waals surface area contributed by atoms with Crippen molar-refractivity contribution in [1.82, 2.24) is 14.9 Å². The van der Waals surface area contributed by atoms with Crippen molar-refractivity contribution in [2.24, 2.45) is 0 Å². The number of hydrogen-bond acceptors (Lipinski definition) is 7. The molecule has 0 atom stereocenters. The third-order valence-corrected chi connectivity index (χ3v) is 5.54. The summed E-state index contributed by atoms with van der Waals surface area (Å²) >= 11 is 0. The Balaban J connectivity index is 1.58. The van der Waals surface area contributed by atoms with Crippen molar-refractivity contribution in [2.45, 2.75) is 0 Å². The van der Waals surface area contributed by atoms with E-state index in [9.17, 15) is 4.79 Å². The van der Waals surface area contributed by atoms with E-state index >= 15 is 0 Å². The number of benzene rings is 1. The minimum absolute atomic E-state index is 0.156. The van der Waals surface area contributed by atoms with Crippen molar-refractivity contribution in [3.63, 3.8) is 0 Å². The molecule has 1 aliphatic rings. The van der Waals surface area contributed by atoms with E-state index in [0.717, 1.165) is 48.7 Å². The second-order valence-corrected chi connectivity index (χ2v) is 7.71. The number of esters is 1. The zero-order chi connectivity index (χ0) is 23.0. The lowest BCUT2D eigenvalue weighted by Gasteiger charge is -2.35. The number of rotatable bonds is 5. The van der Waals surface area contributed by atoms with E-state index in [2.05, 4.69) is 26.6 Å². The van der Waals surface area contributed by atoms with Crippen molar-refractivity contribution < 1.29 is 14.6 Å². The van der Waals surface area contributed by atoms with Crippen molar-refractivity contribution in [3.05, 3.63) is 77.6 Å². The summed E-state index contributed by atoms with van der Waals surface area (Å²) in [6.45, 7) is 4.06. The van der Waals surface area contributed by atoms with E-state index in [-0.39, 0.29) is 6.61 Å². The molecule has 0 bridgehead atoms. The second-order valence-electron chi connectivity index (χ2n) is 7.71. The summed E-state index contributed by atoms with van der Waals surface area (Å²) in [7, 11) is 1.38. The van der Waals surface area contributed by atoms with Gasteiger partial charge in [-0.1, -0.05) is 24.0 Å². The van der Waals surface area contributed by atoms with Gasteiger partial charge in [0, 0.05) is 61.8 Å². The number of aromatic nitrogens is 2. The topological polar surface area (TPSA) is 78.8 Å². The average Bonchev–Trinajstić information content (AvgIpc) is 2.88. The lowest BCUT2D eigenvalue weighted by Crippen LogP contribution is -2.47. The quantitative estimate of drug-likeness (QED) is 0.480. The number of ether oxygens (including phenoxy) is 1. The lowest BCUT2D eigenvalue weighted by molar-refractivity contribution is 0.0600. The van der Waals surface area contributed by atoms with Gasteiger partial charge < -0.3 is 14.7 Å². The first-order valence-electron chi connectivity index (χ1n) is 10.9. The van der Waals surface area contributed by atoms with Crippen LogP contribution in [0.5, 0.6) is 0 Å². The molecule has 168 valence electrons. The molecular formula is C26H26N4O3. The Morgan fingerprint density at radius 2 is 1.82 bits per heavy atom. The van der Waals surface area contributed by atoms with E-state index in [4.69, 9.17) is 14.8 Å². The molecular weight excluding hydrogens is 416 g/mol. The minimum Gasteiger partial charge on any atom is -0.465 e. The third-order valence-electron chi connectivity index (χ3n) is 5.54. The summed E-state index contributed by atoms with van der Waals surface area (Å²) in [5, 5.41) is 9.17. The summed E-state index contributed by atoms with van der Waals surface area (Å²) in [6.07, 6.45) is 3.45. The van der Waals surface area contributed by atoms with Gasteiger partial charge >= 0.3 is 5.97 Å². The second kappa shape index (κ2) is 10.7. The van der Waals surface area contributed by atoms with Gasteiger partial charge in [-0.25, -0.2) is 9.78 Å². The van der Waals surface area contributed by atoms with Gasteiger partial charge in [0.2, 0.25) is 0 Å². The maximum atomic E-state index is 12.3. The monoisotopic (exact) mass is 442 g/mol. The maximum Gasteiger partial charge on any atom is 0.338 e. The highest BCUT2D eigenvalue weighted by Crippen LogP contribution is 2.25. The highest BCUT2D eigenvalue weighted by molar-refractivity contribution is 5.91. The van der Waals surface area contributed by atoms with Gasteiger partial charge in [0.25, 0.3) is 0 Å². The molecule has 4 rings (SSSR count). The molecule has 3 aromatic rings. The summed E-state index contributed by atoms with van der Waals surface area (Å²) in [6, 6.07) is 15.1. The fraction of sp³-hybridized carbons (Fsp3) is 0.269. The standard InChI is InChI=1S/C26H26N4O3/c1-33-26(32)23-17-24(28-25(18-23)30-13-11-29(12-14-30)15-16-31)22-8-6-20(7-9-22)4-5-21-3-2-10-27-19-21/h2-3,6-10,17-19,31H,11-16H2,1H3. The number of β-amino-alcohol motifs (C(OH)–C–C–N with tert-alkyl or cyclic N) is 1. The molecule has 1 saturated heterocycles. The van der Waals surface area contributed by atoms with Crippen LogP contribution < -0.4 is 4.90 Å². The number of pyridine rings is 2. The molecule has 1 aliphatic heterocycles. The first-order valence-corrected chi connectivity index (χ1v) is 10.9. The number of carbonyl (C=O) groups excluding carboxylic acids is 1. The highest BCUT2D eigenvalue weighted by atomic mass is 16.5. The van der Waals surface area contributed by atoms with Crippen LogP contribution in [0.25, 0.3) is 11.3 Å². The van der Waals surface area contributed by atoms with Crippen molar-refractivity contribution in [1.29, 1.82) is 0 Å². The van der Waals surface area contributed by atoms with Crippen molar-refractivity contribution in [3.8, 4) is 23.1 Å². The van der Waals surface area contributed by atoms with Crippen LogP contribution in [0, 0.1) is 11.8 Å². The molecule has 3 heterocycles. The highest BCUT2D eigenvalue weighted by Gasteiger charge is 2.20. The third kappa shape index (κ3) is 5.75. The first-order chi connectivity index (χ1) is 16.2. The Labute approximate surface area is 193 Å². The summed E-state index contributed by atoms with van der Waals surface area (Å²) < 4.78 is 4.97. The van der Waals surface area contributed by atoms with Gasteiger partial charge in [-0.05, 0) is 36.4 Å². The van der Waals surface area contributed by atoms with Crippen LogP contribution in [0.4, 0.5) is 5.82 Å². The van der Waals surface area contributed by atoms with Crippen LogP contribution >= 0.6 is 0 Å². The van der Waals surface area contributed by atoms with E-state index in [1.165, 1.54) is 7.11 Å². The Morgan fingerprint density at radius 1 is 1.06 bits per heavy atom. The Bertz CT molecular complexity index is 1150. The van der Waals surface area contributed by atoms with Crippen molar-refractivity contribution >= 4 is 11.8 Å². The normalized spacial score (nSPS) is 13.8. The van der Waals surface area contributed by atoms with E-state index in [1.54, 1.807) is 24.5 Å². The smallest absolute Gasteiger partial charge is 0.338 e. The van der Waals surface area contributed by atoms with Crippen LogP contribution in [-0.4, -0.2) is 72.4 Å². The molecule has 0 spiro atoms. The number of piperazine rings is 1. The molecule has 2 aromatic heterocycles. The fourth-order valence-electron chi connectivity index (χ4n) is 3.71. The SMILES string of the molecule is COC(=O)c1cc(-c2ccc(C#Cc3cccnc3)cc2)nc(N2CCN(CCO)CC2)c1. The number of nitrogens with zero attached hydrogens (tertiary/aromatic N) is 4. The number of aliphatic hydroxyl groups excluding tert-OH is 1. The van der Waals surface area contributed by atoms with Gasteiger partial charge in [-0.15, -0.1) is 0 Å². The van der Waals surface area contributed by atoms with E-state index in [1.807, 2.05) is 36.4 Å². The number of anilines is 1. The number of methoxy groups -OCH3 is 1. The van der Waals surface area contributed by atoms with E-state index < -0.39 is 5.97 Å². The predicted molar refractivity (Wildman–Crippen MR) is 127 cm³/mol. The van der Waals surface area contributed by atoms with Gasteiger partial charge in [0.1, 0.15) is 5.82 Å². The molecule has 0 radical (unpaired) electrons. The van der Waals surface area contributed by atoms with Crippen LogP contribution in [0.1, 0.15) is 21.5 Å².